The van der Waals surface area contributed by atoms with Crippen molar-refractivity contribution >= 4 is 23.2 Å². The van der Waals surface area contributed by atoms with Gasteiger partial charge >= 0.3 is 0 Å². The predicted molar refractivity (Wildman–Crippen MR) is 134 cm³/mol. The van der Waals surface area contributed by atoms with Crippen molar-refractivity contribution < 1.29 is 0 Å². The van der Waals surface area contributed by atoms with E-state index in [0.29, 0.717) is 6.54 Å². The van der Waals surface area contributed by atoms with E-state index in [1.54, 1.807) is 11.3 Å². The number of nitrogens with zero attached hydrogens (tertiary/aromatic N) is 4. The number of hydrogen-bond donors (Lipinski definition) is 0. The van der Waals surface area contributed by atoms with Crippen molar-refractivity contribution in [3.05, 3.63) is 126 Å². The van der Waals surface area contributed by atoms with Crippen LogP contribution in [0.1, 0.15) is 11.1 Å². The predicted octanol–water partition coefficient (Wildman–Crippen LogP) is 6.64. The van der Waals surface area contributed by atoms with Crippen LogP contribution in [0.15, 0.2) is 120 Å². The minimum absolute atomic E-state index is 0.682. The molecule has 5 aromatic rings. The molecule has 0 aliphatic carbocycles. The zero-order valence-electron chi connectivity index (χ0n) is 17.5. The van der Waals surface area contributed by atoms with Gasteiger partial charge in [0.05, 0.1) is 18.4 Å². The zero-order chi connectivity index (χ0) is 21.6. The Morgan fingerprint density at radius 3 is 2.19 bits per heavy atom. The number of rotatable bonds is 7. The number of hydrazone groups is 1. The largest absolute Gasteiger partial charge is 0.261 e. The molecule has 0 aliphatic rings. The minimum atomic E-state index is 0.682. The molecule has 2 aromatic heterocycles. The van der Waals surface area contributed by atoms with Crippen molar-refractivity contribution in [1.82, 2.24) is 9.78 Å². The lowest BCUT2D eigenvalue weighted by molar-refractivity contribution is 0.858. The van der Waals surface area contributed by atoms with E-state index in [1.165, 1.54) is 5.56 Å². The van der Waals surface area contributed by atoms with Crippen LogP contribution in [-0.2, 0) is 6.54 Å². The second-order valence-electron chi connectivity index (χ2n) is 7.32. The van der Waals surface area contributed by atoms with Gasteiger partial charge in [0.1, 0.15) is 10.7 Å². The first kappa shape index (κ1) is 20.0. The molecule has 0 saturated carbocycles. The maximum absolute atomic E-state index is 4.90. The molecule has 0 radical (unpaired) electrons. The van der Waals surface area contributed by atoms with Crippen LogP contribution in [0.3, 0.4) is 0 Å². The zero-order valence-corrected chi connectivity index (χ0v) is 18.3. The molecule has 4 nitrogen and oxygen atoms in total. The third-order valence-corrected chi connectivity index (χ3v) is 5.95. The minimum Gasteiger partial charge on any atom is -0.261 e. The Balaban J connectivity index is 1.53. The van der Waals surface area contributed by atoms with Crippen LogP contribution in [0.4, 0.5) is 5.69 Å². The average molecular weight is 435 g/mol. The van der Waals surface area contributed by atoms with E-state index >= 15 is 0 Å². The first-order valence-corrected chi connectivity index (χ1v) is 11.3. The Morgan fingerprint density at radius 1 is 0.812 bits per heavy atom. The Bertz CT molecular complexity index is 1280. The maximum Gasteiger partial charge on any atom is 0.117 e. The Morgan fingerprint density at radius 2 is 1.50 bits per heavy atom. The van der Waals surface area contributed by atoms with E-state index in [0.717, 1.165) is 27.5 Å². The third kappa shape index (κ3) is 4.53. The van der Waals surface area contributed by atoms with Gasteiger partial charge in [0.15, 0.2) is 0 Å². The summed E-state index contributed by atoms with van der Waals surface area (Å²) in [6.07, 6.45) is 3.96. The van der Waals surface area contributed by atoms with E-state index in [1.807, 2.05) is 70.6 Å². The first-order chi connectivity index (χ1) is 15.9. The van der Waals surface area contributed by atoms with Gasteiger partial charge in [0.2, 0.25) is 0 Å². The molecule has 32 heavy (non-hydrogen) atoms. The van der Waals surface area contributed by atoms with Crippen LogP contribution < -0.4 is 5.01 Å². The summed E-state index contributed by atoms with van der Waals surface area (Å²) in [5, 5.41) is 14.9. The number of hydrogen-bond acceptors (Lipinski definition) is 4. The molecule has 0 fully saturated rings. The van der Waals surface area contributed by atoms with E-state index in [4.69, 9.17) is 10.2 Å². The van der Waals surface area contributed by atoms with Crippen molar-refractivity contribution in [1.29, 1.82) is 0 Å². The van der Waals surface area contributed by atoms with Gasteiger partial charge in [-0.3, -0.25) is 5.01 Å². The van der Waals surface area contributed by atoms with E-state index in [2.05, 4.69) is 60.0 Å². The number of anilines is 1. The van der Waals surface area contributed by atoms with Gasteiger partial charge in [0.25, 0.3) is 0 Å². The first-order valence-electron chi connectivity index (χ1n) is 10.5. The fourth-order valence-corrected chi connectivity index (χ4v) is 4.16. The third-order valence-electron chi connectivity index (χ3n) is 5.09. The normalized spacial score (nSPS) is 11.1. The molecule has 5 rings (SSSR count). The number of thiophene rings is 1. The van der Waals surface area contributed by atoms with Gasteiger partial charge in [-0.05, 0) is 35.2 Å². The highest BCUT2D eigenvalue weighted by atomic mass is 32.1. The van der Waals surface area contributed by atoms with Gasteiger partial charge in [-0.1, -0.05) is 78.9 Å². The molecule has 0 bridgehead atoms. The van der Waals surface area contributed by atoms with Crippen molar-refractivity contribution in [2.24, 2.45) is 5.10 Å². The summed E-state index contributed by atoms with van der Waals surface area (Å²) in [5.74, 6) is 0. The fraction of sp³-hybridized carbons (Fsp3) is 0.0370. The van der Waals surface area contributed by atoms with Crippen LogP contribution in [0.5, 0.6) is 0 Å². The topological polar surface area (TPSA) is 33.4 Å². The maximum atomic E-state index is 4.90. The molecule has 0 amide bonds. The molecule has 2 heterocycles. The van der Waals surface area contributed by atoms with Crippen molar-refractivity contribution in [2.45, 2.75) is 6.54 Å². The lowest BCUT2D eigenvalue weighted by Gasteiger charge is -2.19. The molecule has 0 spiro atoms. The van der Waals surface area contributed by atoms with E-state index in [9.17, 15) is 0 Å². The summed E-state index contributed by atoms with van der Waals surface area (Å²) in [5.41, 5.74) is 5.19. The van der Waals surface area contributed by atoms with Gasteiger partial charge in [-0.15, -0.1) is 11.3 Å². The molecular weight excluding hydrogens is 412 g/mol. The molecule has 156 valence electrons. The summed E-state index contributed by atoms with van der Waals surface area (Å²) in [6.45, 7) is 0.682. The molecule has 0 unspecified atom stereocenters. The lowest BCUT2D eigenvalue weighted by atomic mass is 10.1. The molecule has 3 aromatic carbocycles. The van der Waals surface area contributed by atoms with Gasteiger partial charge in [-0.2, -0.15) is 10.2 Å². The standard InChI is InChI=1S/C27H22N4S/c1-4-11-22(12-5-1)20-30(25-15-8-3-9-16-25)28-19-24-21-31(26-17-10-18-32-26)29-27(24)23-13-6-2-7-14-23/h1-19,21H,20H2/b28-19+. The summed E-state index contributed by atoms with van der Waals surface area (Å²) >= 11 is 1.66. The monoisotopic (exact) mass is 434 g/mol. The van der Waals surface area contributed by atoms with Gasteiger partial charge in [-0.25, -0.2) is 4.68 Å². The van der Waals surface area contributed by atoms with Crippen LogP contribution >= 0.6 is 11.3 Å². The fourth-order valence-electron chi connectivity index (χ4n) is 3.50. The van der Waals surface area contributed by atoms with Crippen molar-refractivity contribution in [3.63, 3.8) is 0 Å². The SMILES string of the molecule is C(=N\N(Cc1ccccc1)c1ccccc1)/c1cn(-c2cccs2)nc1-c1ccccc1. The van der Waals surface area contributed by atoms with Crippen molar-refractivity contribution in [3.8, 4) is 16.3 Å². The van der Waals surface area contributed by atoms with Crippen LogP contribution in [0.2, 0.25) is 0 Å². The molecule has 0 aliphatic heterocycles. The Labute approximate surface area is 191 Å². The Hall–Kier alpha value is -3.96. The molecule has 5 heteroatoms. The number of benzene rings is 3. The molecule has 0 N–H and O–H groups in total. The molecular formula is C27H22N4S. The smallest absolute Gasteiger partial charge is 0.117 e. The lowest BCUT2D eigenvalue weighted by Crippen LogP contribution is -2.16. The number of para-hydroxylation sites is 1. The highest BCUT2D eigenvalue weighted by Crippen LogP contribution is 2.25. The van der Waals surface area contributed by atoms with Crippen molar-refractivity contribution in [2.75, 3.05) is 5.01 Å². The van der Waals surface area contributed by atoms with Crippen LogP contribution in [0.25, 0.3) is 16.3 Å². The van der Waals surface area contributed by atoms with E-state index < -0.39 is 0 Å². The molecule has 0 saturated heterocycles. The second-order valence-corrected chi connectivity index (χ2v) is 8.24. The summed E-state index contributed by atoms with van der Waals surface area (Å²) in [4.78, 5) is 0. The summed E-state index contributed by atoms with van der Waals surface area (Å²) < 4.78 is 1.93. The molecule has 0 atom stereocenters. The van der Waals surface area contributed by atoms with Gasteiger partial charge < -0.3 is 0 Å². The van der Waals surface area contributed by atoms with E-state index in [-0.39, 0.29) is 0 Å². The quantitative estimate of drug-likeness (QED) is 0.212. The second kappa shape index (κ2) is 9.45. The summed E-state index contributed by atoms with van der Waals surface area (Å²) in [6, 6.07) is 35.0. The summed E-state index contributed by atoms with van der Waals surface area (Å²) in [7, 11) is 0. The van der Waals surface area contributed by atoms with Crippen LogP contribution in [0, 0.1) is 0 Å². The van der Waals surface area contributed by atoms with Gasteiger partial charge in [0, 0.05) is 17.3 Å². The van der Waals surface area contributed by atoms with Crippen LogP contribution in [-0.4, -0.2) is 16.0 Å². The number of aromatic nitrogens is 2. The highest BCUT2D eigenvalue weighted by Gasteiger charge is 2.12. The Kier molecular flexibility index (Phi) is 5.90. The average Bonchev–Trinajstić information content (AvgIpc) is 3.54. The highest BCUT2D eigenvalue weighted by molar-refractivity contribution is 7.12.